The molecule has 0 aliphatic carbocycles. The van der Waals surface area contributed by atoms with Crippen molar-refractivity contribution >= 4 is 43.5 Å². The van der Waals surface area contributed by atoms with Crippen molar-refractivity contribution in [3.8, 4) is 0 Å². The van der Waals surface area contributed by atoms with E-state index < -0.39 is 39.1 Å². The number of amides is 1. The summed E-state index contributed by atoms with van der Waals surface area (Å²) < 4.78 is 35.6. The third-order valence-electron chi connectivity index (χ3n) is 6.63. The lowest BCUT2D eigenvalue weighted by Crippen LogP contribution is -2.50. The Labute approximate surface area is 255 Å². The Morgan fingerprint density at radius 2 is 1.72 bits per heavy atom. The van der Waals surface area contributed by atoms with Crippen LogP contribution in [0.5, 0.6) is 0 Å². The number of carboxylic acids is 1. The summed E-state index contributed by atoms with van der Waals surface area (Å²) in [6, 6.07) is 17.2. The van der Waals surface area contributed by atoms with Crippen molar-refractivity contribution in [2.45, 2.75) is 70.7 Å². The zero-order valence-electron chi connectivity index (χ0n) is 24.8. The van der Waals surface area contributed by atoms with Gasteiger partial charge in [0.05, 0.1) is 12.2 Å². The number of carboxylic acid groups (broad SMARTS) is 1. The van der Waals surface area contributed by atoms with Crippen LogP contribution in [0.1, 0.15) is 50.9 Å². The van der Waals surface area contributed by atoms with Gasteiger partial charge in [0.15, 0.2) is 0 Å². The smallest absolute Gasteiger partial charge is 0.408 e. The summed E-state index contributed by atoms with van der Waals surface area (Å²) in [5.41, 5.74) is -0.649. The van der Waals surface area contributed by atoms with E-state index in [1.165, 1.54) is 34.1 Å². The number of rotatable bonds is 11. The number of benzene rings is 1. The van der Waals surface area contributed by atoms with Crippen molar-refractivity contribution in [3.05, 3.63) is 89.3 Å². The highest BCUT2D eigenvalue weighted by Crippen LogP contribution is 2.29. The van der Waals surface area contributed by atoms with Crippen LogP contribution in [-0.2, 0) is 39.1 Å². The Balaban J connectivity index is 1.54. The largest absolute Gasteiger partial charge is 0.480 e. The van der Waals surface area contributed by atoms with Crippen LogP contribution in [0.3, 0.4) is 0 Å². The van der Waals surface area contributed by atoms with Crippen molar-refractivity contribution in [3.63, 3.8) is 0 Å². The number of ether oxygens (including phenoxy) is 1. The normalized spacial score (nSPS) is 13.2. The summed E-state index contributed by atoms with van der Waals surface area (Å²) >= 11 is 1.54. The van der Waals surface area contributed by atoms with Gasteiger partial charge in [-0.1, -0.05) is 45.0 Å². The van der Waals surface area contributed by atoms with E-state index in [1.807, 2.05) is 30.3 Å². The highest BCUT2D eigenvalue weighted by Gasteiger charge is 2.35. The molecule has 228 valence electrons. The maximum absolute atomic E-state index is 13.8. The van der Waals surface area contributed by atoms with E-state index in [2.05, 4.69) is 10.3 Å². The minimum absolute atomic E-state index is 0.00690. The Bertz CT molecular complexity index is 1670. The fraction of sp³-hybridized carbons (Fsp3) is 0.355. The molecule has 0 saturated carbocycles. The van der Waals surface area contributed by atoms with Gasteiger partial charge in [-0.3, -0.25) is 9.97 Å². The molecule has 10 nitrogen and oxygen atoms in total. The first-order valence-electron chi connectivity index (χ1n) is 13.7. The first-order chi connectivity index (χ1) is 20.1. The molecule has 3 aromatic heterocycles. The van der Waals surface area contributed by atoms with Crippen molar-refractivity contribution in [1.82, 2.24) is 19.6 Å². The third-order valence-corrected chi connectivity index (χ3v) is 9.51. The molecule has 12 heteroatoms. The molecule has 0 aliphatic rings. The van der Waals surface area contributed by atoms with E-state index in [4.69, 9.17) is 9.72 Å². The lowest BCUT2D eigenvalue weighted by molar-refractivity contribution is -0.142. The molecular formula is C31H36N4O6S2. The number of fused-ring (bicyclic) bond motifs is 1. The third kappa shape index (κ3) is 8.37. The number of hydrogen-bond acceptors (Lipinski definition) is 8. The van der Waals surface area contributed by atoms with Gasteiger partial charge in [0.25, 0.3) is 0 Å². The number of aliphatic carboxylic acids is 1. The molecule has 0 bridgehead atoms. The molecule has 1 aromatic carbocycles. The summed E-state index contributed by atoms with van der Waals surface area (Å²) in [7, 11) is -3.92. The number of nitrogens with one attached hydrogen (secondary N) is 1. The second kappa shape index (κ2) is 12.8. The van der Waals surface area contributed by atoms with Gasteiger partial charge in [-0.25, -0.2) is 18.0 Å². The second-order valence-corrected chi connectivity index (χ2v) is 15.0. The zero-order valence-corrected chi connectivity index (χ0v) is 26.4. The topological polar surface area (TPSA) is 139 Å². The fourth-order valence-corrected chi connectivity index (χ4v) is 7.09. The van der Waals surface area contributed by atoms with E-state index in [0.717, 1.165) is 15.0 Å². The molecule has 2 N–H and O–H groups in total. The van der Waals surface area contributed by atoms with E-state index in [-0.39, 0.29) is 24.4 Å². The Kier molecular flexibility index (Phi) is 9.53. The quantitative estimate of drug-likeness (QED) is 0.219. The average molecular weight is 625 g/mol. The Hall–Kier alpha value is -3.87. The molecule has 43 heavy (non-hydrogen) atoms. The van der Waals surface area contributed by atoms with E-state index in [1.54, 1.807) is 58.9 Å². The lowest BCUT2D eigenvalue weighted by Gasteiger charge is -2.30. The minimum atomic E-state index is -3.92. The molecule has 1 amide bonds. The van der Waals surface area contributed by atoms with Crippen molar-refractivity contribution in [2.24, 2.45) is 5.41 Å². The molecule has 0 fully saturated rings. The number of hydrogen-bond donors (Lipinski definition) is 2. The molecule has 0 aliphatic heterocycles. The van der Waals surface area contributed by atoms with Gasteiger partial charge < -0.3 is 15.2 Å². The molecule has 1 unspecified atom stereocenters. The predicted octanol–water partition coefficient (Wildman–Crippen LogP) is 5.63. The average Bonchev–Trinajstić information content (AvgIpc) is 3.33. The van der Waals surface area contributed by atoms with Crippen molar-refractivity contribution < 1.29 is 27.9 Å². The molecule has 0 spiro atoms. The number of carbonyl (C=O) groups is 2. The number of thiophene rings is 1. The standard InChI is InChI=1S/C31H36N4O6S2/c1-30(2,3)27(28(36)37)34-29(38)41-31(4,5)17-22-11-8-12-23(33-22)19-35(43(39,40)25-13-9-15-32-18-25)20-24-16-21-10-6-7-14-26(21)42-24/h6-16,18,27H,17,19-20H2,1-5H3,(H,34,38)(H,36,37). The van der Waals surface area contributed by atoms with Crippen LogP contribution in [0, 0.1) is 5.41 Å². The van der Waals surface area contributed by atoms with Gasteiger partial charge in [0.2, 0.25) is 10.0 Å². The monoisotopic (exact) mass is 624 g/mol. The van der Waals surface area contributed by atoms with Gasteiger partial charge in [-0.15, -0.1) is 11.3 Å². The van der Waals surface area contributed by atoms with E-state index in [0.29, 0.717) is 11.4 Å². The number of aromatic nitrogens is 2. The number of carbonyl (C=O) groups excluding carboxylic acids is 1. The molecular weight excluding hydrogens is 588 g/mol. The van der Waals surface area contributed by atoms with Gasteiger partial charge in [0, 0.05) is 40.6 Å². The number of pyridine rings is 2. The first-order valence-corrected chi connectivity index (χ1v) is 15.9. The van der Waals surface area contributed by atoms with Crippen LogP contribution < -0.4 is 5.32 Å². The second-order valence-electron chi connectivity index (χ2n) is 11.9. The maximum atomic E-state index is 13.8. The number of sulfonamides is 1. The SMILES string of the molecule is CC(C)(Cc1cccc(CN(Cc2cc3ccccc3s2)S(=O)(=O)c2cccnc2)n1)OC(=O)NC(C(=O)O)C(C)(C)C. The summed E-state index contributed by atoms with van der Waals surface area (Å²) in [6.07, 6.45) is 2.22. The Morgan fingerprint density at radius 1 is 1.00 bits per heavy atom. The molecule has 4 aromatic rings. The minimum Gasteiger partial charge on any atom is -0.480 e. The lowest BCUT2D eigenvalue weighted by atomic mass is 9.87. The first kappa shape index (κ1) is 32.1. The van der Waals surface area contributed by atoms with Crippen LogP contribution in [0.15, 0.2) is 78.0 Å². The van der Waals surface area contributed by atoms with Crippen LogP contribution in [0.25, 0.3) is 10.1 Å². The Morgan fingerprint density at radius 3 is 2.37 bits per heavy atom. The molecule has 3 heterocycles. The van der Waals surface area contributed by atoms with E-state index >= 15 is 0 Å². The summed E-state index contributed by atoms with van der Waals surface area (Å²) in [6.45, 7) is 8.70. The predicted molar refractivity (Wildman–Crippen MR) is 165 cm³/mol. The van der Waals surface area contributed by atoms with Crippen LogP contribution in [-0.4, -0.2) is 51.5 Å². The van der Waals surface area contributed by atoms with Crippen LogP contribution in [0.4, 0.5) is 4.79 Å². The zero-order chi connectivity index (χ0) is 31.4. The van der Waals surface area contributed by atoms with Gasteiger partial charge in [-0.2, -0.15) is 4.31 Å². The summed E-state index contributed by atoms with van der Waals surface area (Å²) in [4.78, 5) is 33.9. The molecule has 4 rings (SSSR count). The molecule has 0 radical (unpaired) electrons. The highest BCUT2D eigenvalue weighted by molar-refractivity contribution is 7.89. The van der Waals surface area contributed by atoms with Crippen molar-refractivity contribution in [2.75, 3.05) is 0 Å². The van der Waals surface area contributed by atoms with E-state index in [9.17, 15) is 23.1 Å². The highest BCUT2D eigenvalue weighted by atomic mass is 32.2. The van der Waals surface area contributed by atoms with Crippen LogP contribution in [0.2, 0.25) is 0 Å². The number of nitrogens with zero attached hydrogens (tertiary/aromatic N) is 3. The fourth-order valence-electron chi connectivity index (χ4n) is 4.58. The van der Waals surface area contributed by atoms with Crippen molar-refractivity contribution in [1.29, 1.82) is 0 Å². The molecule has 1 atom stereocenters. The molecule has 0 saturated heterocycles. The van der Waals surface area contributed by atoms with Crippen LogP contribution >= 0.6 is 11.3 Å². The summed E-state index contributed by atoms with van der Waals surface area (Å²) in [5.74, 6) is -1.15. The van der Waals surface area contributed by atoms with Gasteiger partial charge in [-0.05, 0) is 61.0 Å². The number of alkyl carbamates (subject to hydrolysis) is 1. The van der Waals surface area contributed by atoms with Gasteiger partial charge in [0.1, 0.15) is 16.5 Å². The summed E-state index contributed by atoms with van der Waals surface area (Å²) in [5, 5.41) is 13.0. The van der Waals surface area contributed by atoms with Gasteiger partial charge >= 0.3 is 12.1 Å². The maximum Gasteiger partial charge on any atom is 0.408 e.